The van der Waals surface area contributed by atoms with Crippen LogP contribution in [-0.2, 0) is 19.0 Å². The first kappa shape index (κ1) is 53.9. The van der Waals surface area contributed by atoms with Gasteiger partial charge < -0.3 is 29.5 Å². The largest absolute Gasteiger partial charge is 0.463 e. The highest BCUT2D eigenvalue weighted by Crippen LogP contribution is 2.67. The van der Waals surface area contributed by atoms with Gasteiger partial charge in [-0.1, -0.05) is 160 Å². The van der Waals surface area contributed by atoms with Crippen molar-refractivity contribution in [3.63, 3.8) is 0 Å². The van der Waals surface area contributed by atoms with E-state index >= 15 is 0 Å². The molecule has 14 unspecified atom stereocenters. The van der Waals surface area contributed by atoms with Crippen molar-refractivity contribution in [2.24, 2.45) is 52.3 Å². The van der Waals surface area contributed by atoms with Gasteiger partial charge in [0.25, 0.3) is 0 Å². The highest BCUT2D eigenvalue weighted by Gasteiger charge is 2.59. The second-order valence-corrected chi connectivity index (χ2v) is 22.3. The quantitative estimate of drug-likeness (QED) is 0.0428. The Hall–Kier alpha value is -2.03. The number of hydrogen-bond donors (Lipinski definition) is 3. The molecule has 5 aliphatic rings. The summed E-state index contributed by atoms with van der Waals surface area (Å²) in [7, 11) is 0. The smallest absolute Gasteiger partial charge is 0.305 e. The fourth-order valence-electron chi connectivity index (χ4n) is 12.8. The van der Waals surface area contributed by atoms with Gasteiger partial charge in [0.05, 0.1) is 6.10 Å². The predicted octanol–water partition coefficient (Wildman–Crippen LogP) is 13.7. The highest BCUT2D eigenvalue weighted by atomic mass is 16.7. The Morgan fingerprint density at radius 1 is 0.754 bits per heavy atom. The zero-order valence-electron chi connectivity index (χ0n) is 42.4. The first-order valence-corrected chi connectivity index (χ1v) is 27.1. The maximum Gasteiger partial charge on any atom is 0.305 e. The van der Waals surface area contributed by atoms with Crippen molar-refractivity contribution < 1.29 is 34.3 Å². The molecule has 0 amide bonds. The first-order valence-electron chi connectivity index (χ1n) is 27.1. The van der Waals surface area contributed by atoms with Crippen LogP contribution in [0.5, 0.6) is 0 Å². The van der Waals surface area contributed by atoms with Crippen LogP contribution in [0.25, 0.3) is 0 Å². The van der Waals surface area contributed by atoms with E-state index in [0.717, 1.165) is 88.4 Å². The number of fused-ring (bicyclic) bond motifs is 5. The summed E-state index contributed by atoms with van der Waals surface area (Å²) in [6.45, 7) is 16.7. The summed E-state index contributed by atoms with van der Waals surface area (Å²) in [5, 5.41) is 32.6. The Morgan fingerprint density at radius 3 is 2.08 bits per heavy atom. The number of carbonyl (C=O) groups excluding carboxylic acids is 1. The molecule has 1 aliphatic heterocycles. The van der Waals surface area contributed by atoms with Crippen LogP contribution < -0.4 is 0 Å². The van der Waals surface area contributed by atoms with E-state index in [4.69, 9.17) is 14.2 Å². The van der Waals surface area contributed by atoms with Crippen molar-refractivity contribution in [3.05, 3.63) is 60.3 Å². The number of unbranched alkanes of at least 4 members (excludes halogenated alkanes) is 11. The van der Waals surface area contributed by atoms with Gasteiger partial charge in [0, 0.05) is 6.42 Å². The zero-order chi connectivity index (χ0) is 46.8. The molecule has 0 spiro atoms. The van der Waals surface area contributed by atoms with Gasteiger partial charge in [0.2, 0.25) is 0 Å². The molecule has 3 N–H and O–H groups in total. The van der Waals surface area contributed by atoms with Crippen LogP contribution in [0.2, 0.25) is 0 Å². The van der Waals surface area contributed by atoms with E-state index < -0.39 is 30.7 Å². The van der Waals surface area contributed by atoms with Crippen molar-refractivity contribution in [2.45, 2.75) is 239 Å². The summed E-state index contributed by atoms with van der Waals surface area (Å²) in [4.78, 5) is 12.7. The summed E-state index contributed by atoms with van der Waals surface area (Å²) >= 11 is 0. The molecule has 1 heterocycles. The fourth-order valence-corrected chi connectivity index (χ4v) is 12.8. The average Bonchev–Trinajstić information content (AvgIpc) is 3.65. The zero-order valence-corrected chi connectivity index (χ0v) is 42.4. The van der Waals surface area contributed by atoms with Crippen LogP contribution >= 0.6 is 0 Å². The number of esters is 1. The SMILES string of the molecule is CCCCCCC/C=C\C/C=C\C/C=C\CCCCCCCCC(=O)OCC1OC(OC2CCC3(C)C(=CCC4C3CCC3(C)C(C(C)/C=C/C(C)C(C)C)CCC43)C2)C(O)C(O)C1O. The van der Waals surface area contributed by atoms with Gasteiger partial charge in [0.1, 0.15) is 31.0 Å². The highest BCUT2D eigenvalue weighted by molar-refractivity contribution is 5.69. The Kier molecular flexibility index (Phi) is 22.6. The lowest BCUT2D eigenvalue weighted by molar-refractivity contribution is -0.313. The molecule has 5 rings (SSSR count). The number of carbonyl (C=O) groups is 1. The Morgan fingerprint density at radius 2 is 1.40 bits per heavy atom. The lowest BCUT2D eigenvalue weighted by Gasteiger charge is -2.58. The molecule has 0 aromatic rings. The molecule has 3 saturated carbocycles. The maximum atomic E-state index is 12.7. The van der Waals surface area contributed by atoms with E-state index in [2.05, 4.69) is 103 Å². The van der Waals surface area contributed by atoms with Crippen LogP contribution in [0, 0.1) is 52.3 Å². The van der Waals surface area contributed by atoms with E-state index in [1.165, 1.54) is 82.6 Å². The van der Waals surface area contributed by atoms with Gasteiger partial charge in [-0.3, -0.25) is 4.79 Å². The van der Waals surface area contributed by atoms with Gasteiger partial charge in [-0.2, -0.15) is 0 Å². The van der Waals surface area contributed by atoms with E-state index in [1.807, 2.05) is 0 Å². The van der Waals surface area contributed by atoms with Gasteiger partial charge in [0.15, 0.2) is 6.29 Å². The van der Waals surface area contributed by atoms with Crippen LogP contribution in [0.15, 0.2) is 60.3 Å². The molecule has 0 radical (unpaired) electrons. The Balaban J connectivity index is 0.959. The number of ether oxygens (including phenoxy) is 3. The second-order valence-electron chi connectivity index (χ2n) is 22.3. The number of rotatable bonds is 27. The van der Waals surface area contributed by atoms with Crippen molar-refractivity contribution in [1.82, 2.24) is 0 Å². The van der Waals surface area contributed by atoms with Gasteiger partial charge in [-0.25, -0.2) is 0 Å². The average molecular weight is 905 g/mol. The molecule has 1 saturated heterocycles. The molecule has 0 aromatic heterocycles. The van der Waals surface area contributed by atoms with Crippen molar-refractivity contribution in [1.29, 1.82) is 0 Å². The van der Waals surface area contributed by atoms with E-state index in [0.29, 0.717) is 35.5 Å². The molecule has 0 aromatic carbocycles. The molecule has 7 heteroatoms. The Bertz CT molecular complexity index is 1550. The molecular formula is C58H96O7. The van der Waals surface area contributed by atoms with Crippen LogP contribution in [0.1, 0.15) is 203 Å². The van der Waals surface area contributed by atoms with Crippen LogP contribution in [0.4, 0.5) is 0 Å². The van der Waals surface area contributed by atoms with E-state index in [-0.39, 0.29) is 24.1 Å². The monoisotopic (exact) mass is 905 g/mol. The molecule has 370 valence electrons. The van der Waals surface area contributed by atoms with Crippen molar-refractivity contribution in [3.8, 4) is 0 Å². The molecule has 7 nitrogen and oxygen atoms in total. The normalized spacial score (nSPS) is 34.9. The number of allylic oxidation sites excluding steroid dienone is 9. The minimum absolute atomic E-state index is 0.151. The lowest BCUT2D eigenvalue weighted by atomic mass is 9.47. The van der Waals surface area contributed by atoms with Gasteiger partial charge >= 0.3 is 5.97 Å². The summed E-state index contributed by atoms with van der Waals surface area (Å²) in [6.07, 6.45) is 41.6. The number of aliphatic hydroxyl groups excluding tert-OH is 3. The standard InChI is InChI=1S/C58H96O7/c1-8-9-10-11-12-13-14-15-16-17-18-19-20-21-22-23-24-25-26-27-28-29-52(59)63-41-51-53(60)54(61)55(62)56(65-51)64-46-36-38-57(6)45(40-46)32-33-47-49-35-34-48(58(49,7)39-37-50(47)57)44(5)31-30-43(4)42(2)3/h14-15,17-18,20-21,30-32,42-44,46-51,53-56,60-62H,8-13,16,19,22-29,33-41H2,1-7H3/b15-14-,18-17-,21-20-,31-30+. The van der Waals surface area contributed by atoms with E-state index in [9.17, 15) is 20.1 Å². The third-order valence-electron chi connectivity index (χ3n) is 17.5. The van der Waals surface area contributed by atoms with E-state index in [1.54, 1.807) is 0 Å². The minimum atomic E-state index is -1.45. The molecule has 65 heavy (non-hydrogen) atoms. The van der Waals surface area contributed by atoms with Crippen LogP contribution in [-0.4, -0.2) is 64.7 Å². The third-order valence-corrected chi connectivity index (χ3v) is 17.5. The van der Waals surface area contributed by atoms with Crippen LogP contribution in [0.3, 0.4) is 0 Å². The summed E-state index contributed by atoms with van der Waals surface area (Å²) in [5.74, 6) is 4.51. The number of aliphatic hydroxyl groups is 3. The molecular weight excluding hydrogens is 809 g/mol. The summed E-state index contributed by atoms with van der Waals surface area (Å²) < 4.78 is 18.1. The molecule has 4 fully saturated rings. The van der Waals surface area contributed by atoms with Gasteiger partial charge in [-0.15, -0.1) is 0 Å². The molecule has 14 atom stereocenters. The molecule has 4 aliphatic carbocycles. The van der Waals surface area contributed by atoms with Gasteiger partial charge in [-0.05, 0) is 149 Å². The second kappa shape index (κ2) is 27.2. The number of hydrogen-bond acceptors (Lipinski definition) is 7. The minimum Gasteiger partial charge on any atom is -0.463 e. The summed E-state index contributed by atoms with van der Waals surface area (Å²) in [5.41, 5.74) is 2.04. The summed E-state index contributed by atoms with van der Waals surface area (Å²) in [6, 6.07) is 0. The lowest BCUT2D eigenvalue weighted by Crippen LogP contribution is -2.60. The maximum absolute atomic E-state index is 12.7. The first-order chi connectivity index (χ1) is 31.3. The predicted molar refractivity (Wildman–Crippen MR) is 267 cm³/mol. The van der Waals surface area contributed by atoms with Crippen molar-refractivity contribution >= 4 is 5.97 Å². The van der Waals surface area contributed by atoms with Crippen molar-refractivity contribution in [2.75, 3.05) is 6.61 Å². The fraction of sp³-hybridized carbons (Fsp3) is 0.810. The Labute approximate surface area is 397 Å². The molecule has 0 bridgehead atoms. The third kappa shape index (κ3) is 15.2. The topological polar surface area (TPSA) is 105 Å².